The summed E-state index contributed by atoms with van der Waals surface area (Å²) in [6.45, 7) is 7.34. The van der Waals surface area contributed by atoms with Crippen LogP contribution in [0.1, 0.15) is 27.2 Å². The molecule has 98 valence electrons. The summed E-state index contributed by atoms with van der Waals surface area (Å²) < 4.78 is 0.0750. The Morgan fingerprint density at radius 1 is 1.53 bits per heavy atom. The van der Waals surface area contributed by atoms with Gasteiger partial charge in [-0.1, -0.05) is 0 Å². The number of nitrogens with one attached hydrogen (secondary N) is 1. The Balaban J connectivity index is 2.44. The molecule has 0 aromatic heterocycles. The molecular weight excluding hydrogens is 240 g/mol. The highest BCUT2D eigenvalue weighted by molar-refractivity contribution is 8.00. The fourth-order valence-corrected chi connectivity index (χ4v) is 2.92. The molecule has 0 bridgehead atoms. The molecule has 0 spiro atoms. The average molecular weight is 260 g/mol. The van der Waals surface area contributed by atoms with Crippen molar-refractivity contribution >= 4 is 23.8 Å². The standard InChI is InChI=1S/C11H20N2O3S/c1-8(6-9(14)15)12-10(16)13-4-5-17-11(2,3)7-13/h8H,4-7H2,1-3H3,(H,12,16)(H,14,15). The first kappa shape index (κ1) is 14.2. The number of carboxylic acid groups (broad SMARTS) is 1. The van der Waals surface area contributed by atoms with Gasteiger partial charge in [0, 0.05) is 29.6 Å². The molecule has 0 saturated carbocycles. The minimum atomic E-state index is -0.896. The van der Waals surface area contributed by atoms with E-state index in [1.54, 1.807) is 11.8 Å². The molecule has 6 heteroatoms. The van der Waals surface area contributed by atoms with E-state index in [-0.39, 0.29) is 23.2 Å². The Morgan fingerprint density at radius 2 is 2.18 bits per heavy atom. The minimum absolute atomic E-state index is 0.0439. The summed E-state index contributed by atoms with van der Waals surface area (Å²) in [5, 5.41) is 11.3. The first-order chi connectivity index (χ1) is 7.80. The fraction of sp³-hybridized carbons (Fsp3) is 0.818. The van der Waals surface area contributed by atoms with Crippen molar-refractivity contribution in [2.45, 2.75) is 38.0 Å². The van der Waals surface area contributed by atoms with E-state index in [9.17, 15) is 9.59 Å². The molecule has 2 amide bonds. The second-order valence-electron chi connectivity index (χ2n) is 4.98. The number of rotatable bonds is 3. The second-order valence-corrected chi connectivity index (χ2v) is 6.78. The van der Waals surface area contributed by atoms with Gasteiger partial charge in [0.2, 0.25) is 0 Å². The lowest BCUT2D eigenvalue weighted by atomic mass is 10.2. The lowest BCUT2D eigenvalue weighted by Crippen LogP contribution is -2.52. The zero-order valence-electron chi connectivity index (χ0n) is 10.5. The van der Waals surface area contributed by atoms with Gasteiger partial charge in [-0.3, -0.25) is 4.79 Å². The van der Waals surface area contributed by atoms with Gasteiger partial charge in [0.05, 0.1) is 6.42 Å². The molecule has 1 aliphatic heterocycles. The van der Waals surface area contributed by atoms with Crippen molar-refractivity contribution < 1.29 is 14.7 Å². The van der Waals surface area contributed by atoms with E-state index in [1.165, 1.54) is 0 Å². The van der Waals surface area contributed by atoms with Gasteiger partial charge in [-0.2, -0.15) is 11.8 Å². The number of carbonyl (C=O) groups is 2. The molecule has 1 rings (SSSR count). The van der Waals surface area contributed by atoms with Crippen molar-refractivity contribution in [3.05, 3.63) is 0 Å². The molecular formula is C11H20N2O3S. The number of aliphatic carboxylic acids is 1. The van der Waals surface area contributed by atoms with Crippen molar-refractivity contribution in [3.63, 3.8) is 0 Å². The molecule has 0 radical (unpaired) electrons. The third-order valence-corrected chi connectivity index (χ3v) is 3.86. The smallest absolute Gasteiger partial charge is 0.317 e. The number of amides is 2. The van der Waals surface area contributed by atoms with Crippen LogP contribution < -0.4 is 5.32 Å². The van der Waals surface area contributed by atoms with Gasteiger partial charge < -0.3 is 15.3 Å². The zero-order valence-corrected chi connectivity index (χ0v) is 11.3. The number of carboxylic acids is 1. The quantitative estimate of drug-likeness (QED) is 0.804. The summed E-state index contributed by atoms with van der Waals surface area (Å²) in [7, 11) is 0. The van der Waals surface area contributed by atoms with Crippen LogP contribution in [0.3, 0.4) is 0 Å². The van der Waals surface area contributed by atoms with Gasteiger partial charge >= 0.3 is 12.0 Å². The summed E-state index contributed by atoms with van der Waals surface area (Å²) in [6, 6.07) is -0.496. The van der Waals surface area contributed by atoms with Gasteiger partial charge in [-0.15, -0.1) is 0 Å². The molecule has 1 saturated heterocycles. The largest absolute Gasteiger partial charge is 0.481 e. The van der Waals surface area contributed by atoms with E-state index in [1.807, 2.05) is 11.8 Å². The summed E-state index contributed by atoms with van der Waals surface area (Å²) >= 11 is 1.86. The Kier molecular flexibility index (Phi) is 4.68. The van der Waals surface area contributed by atoms with Crippen LogP contribution in [0, 0.1) is 0 Å². The van der Waals surface area contributed by atoms with Gasteiger partial charge in [-0.25, -0.2) is 4.79 Å². The molecule has 17 heavy (non-hydrogen) atoms. The molecule has 1 atom stereocenters. The van der Waals surface area contributed by atoms with Crippen LogP contribution in [0.2, 0.25) is 0 Å². The van der Waals surface area contributed by atoms with E-state index in [0.29, 0.717) is 6.54 Å². The first-order valence-corrected chi connectivity index (χ1v) is 6.70. The number of urea groups is 1. The number of thioether (sulfide) groups is 1. The average Bonchev–Trinajstić information content (AvgIpc) is 2.14. The van der Waals surface area contributed by atoms with Gasteiger partial charge in [0.25, 0.3) is 0 Å². The van der Waals surface area contributed by atoms with E-state index < -0.39 is 5.97 Å². The maximum Gasteiger partial charge on any atom is 0.317 e. The Bertz CT molecular complexity index is 307. The predicted octanol–water partition coefficient (Wildman–Crippen LogP) is 1.39. The third kappa shape index (κ3) is 4.85. The topological polar surface area (TPSA) is 69.6 Å². The molecule has 5 nitrogen and oxygen atoms in total. The molecule has 1 aliphatic rings. The minimum Gasteiger partial charge on any atom is -0.481 e. The van der Waals surface area contributed by atoms with E-state index in [4.69, 9.17) is 5.11 Å². The molecule has 1 unspecified atom stereocenters. The number of carbonyl (C=O) groups excluding carboxylic acids is 1. The zero-order chi connectivity index (χ0) is 13.1. The van der Waals surface area contributed by atoms with E-state index in [0.717, 1.165) is 12.3 Å². The normalized spacial score (nSPS) is 20.8. The number of hydrogen-bond acceptors (Lipinski definition) is 3. The van der Waals surface area contributed by atoms with Crippen molar-refractivity contribution in [2.75, 3.05) is 18.8 Å². The summed E-state index contributed by atoms with van der Waals surface area (Å²) in [4.78, 5) is 24.2. The highest BCUT2D eigenvalue weighted by Gasteiger charge is 2.30. The van der Waals surface area contributed by atoms with Crippen molar-refractivity contribution in [2.24, 2.45) is 0 Å². The van der Waals surface area contributed by atoms with Gasteiger partial charge in [0.1, 0.15) is 0 Å². The summed E-state index contributed by atoms with van der Waals surface area (Å²) in [6.07, 6.45) is -0.0439. The number of nitrogens with zero attached hydrogens (tertiary/aromatic N) is 1. The molecule has 1 heterocycles. The van der Waals surface area contributed by atoms with Crippen LogP contribution >= 0.6 is 11.8 Å². The number of hydrogen-bond donors (Lipinski definition) is 2. The Morgan fingerprint density at radius 3 is 2.71 bits per heavy atom. The summed E-state index contributed by atoms with van der Waals surface area (Å²) in [5.74, 6) is 0.0283. The SMILES string of the molecule is CC(CC(=O)O)NC(=O)N1CCSC(C)(C)C1. The monoisotopic (exact) mass is 260 g/mol. The first-order valence-electron chi connectivity index (χ1n) is 5.71. The van der Waals surface area contributed by atoms with E-state index in [2.05, 4.69) is 19.2 Å². The van der Waals surface area contributed by atoms with Crippen molar-refractivity contribution in [1.82, 2.24) is 10.2 Å². The van der Waals surface area contributed by atoms with Crippen molar-refractivity contribution in [3.8, 4) is 0 Å². The van der Waals surface area contributed by atoms with Gasteiger partial charge in [0.15, 0.2) is 0 Å². The van der Waals surface area contributed by atoms with Crippen molar-refractivity contribution in [1.29, 1.82) is 0 Å². The third-order valence-electron chi connectivity index (χ3n) is 2.56. The molecule has 1 fully saturated rings. The van der Waals surface area contributed by atoms with Crippen LogP contribution in [0.15, 0.2) is 0 Å². The molecule has 0 aliphatic carbocycles. The molecule has 2 N–H and O–H groups in total. The van der Waals surface area contributed by atoms with Gasteiger partial charge in [-0.05, 0) is 20.8 Å². The highest BCUT2D eigenvalue weighted by Crippen LogP contribution is 2.29. The maximum absolute atomic E-state index is 11.9. The summed E-state index contributed by atoms with van der Waals surface area (Å²) in [5.41, 5.74) is 0. The van der Waals surface area contributed by atoms with Crippen LogP contribution in [0.25, 0.3) is 0 Å². The Hall–Kier alpha value is -0.910. The molecule has 0 aromatic rings. The lowest BCUT2D eigenvalue weighted by Gasteiger charge is -2.37. The van der Waals surface area contributed by atoms with Crippen LogP contribution in [-0.2, 0) is 4.79 Å². The molecule has 0 aromatic carbocycles. The highest BCUT2D eigenvalue weighted by atomic mass is 32.2. The second kappa shape index (κ2) is 5.62. The predicted molar refractivity (Wildman–Crippen MR) is 68.4 cm³/mol. The lowest BCUT2D eigenvalue weighted by molar-refractivity contribution is -0.137. The van der Waals surface area contributed by atoms with E-state index >= 15 is 0 Å². The van der Waals surface area contributed by atoms with Crippen LogP contribution in [0.4, 0.5) is 4.79 Å². The fourth-order valence-electron chi connectivity index (χ4n) is 1.80. The van der Waals surface area contributed by atoms with Crippen LogP contribution in [0.5, 0.6) is 0 Å². The van der Waals surface area contributed by atoms with Crippen LogP contribution in [-0.4, -0.2) is 51.6 Å². The maximum atomic E-state index is 11.9. The Labute approximate surface area is 106 Å².